The molecule has 1 saturated heterocycles. The van der Waals surface area contributed by atoms with Crippen molar-refractivity contribution in [2.24, 2.45) is 5.73 Å². The van der Waals surface area contributed by atoms with Crippen LogP contribution in [0, 0.1) is 0 Å². The lowest BCUT2D eigenvalue weighted by Crippen LogP contribution is -2.39. The third kappa shape index (κ3) is 3.36. The molecule has 1 amide bonds. The quantitative estimate of drug-likeness (QED) is 0.880. The van der Waals surface area contributed by atoms with Crippen LogP contribution in [0.2, 0.25) is 0 Å². The summed E-state index contributed by atoms with van der Waals surface area (Å²) in [5, 5.41) is 5.95. The van der Waals surface area contributed by atoms with Crippen molar-refractivity contribution in [2.75, 3.05) is 13.1 Å². The van der Waals surface area contributed by atoms with E-state index in [1.807, 2.05) is 22.4 Å². The summed E-state index contributed by atoms with van der Waals surface area (Å²) in [6, 6.07) is 4.14. The number of likely N-dealkylation sites (tertiary alicyclic amines) is 1. The number of nitrogens with zero attached hydrogens (tertiary/aromatic N) is 3. The number of aromatic nitrogens is 2. The Morgan fingerprint density at radius 1 is 1.55 bits per heavy atom. The Kier molecular flexibility index (Phi) is 4.84. The first kappa shape index (κ1) is 15.2. The van der Waals surface area contributed by atoms with Gasteiger partial charge < -0.3 is 15.2 Å². The number of hydrogen-bond acceptors (Lipinski definition) is 6. The Morgan fingerprint density at radius 3 is 3.23 bits per heavy atom. The maximum Gasteiger partial charge on any atom is 0.226 e. The Morgan fingerprint density at radius 2 is 2.45 bits per heavy atom. The number of rotatable bonds is 6. The molecule has 6 nitrogen and oxygen atoms in total. The monoisotopic (exact) mass is 320 g/mol. The summed E-state index contributed by atoms with van der Waals surface area (Å²) in [5.74, 6) is 1.40. The Balaban J connectivity index is 1.48. The van der Waals surface area contributed by atoms with Gasteiger partial charge in [-0.05, 0) is 30.7 Å². The van der Waals surface area contributed by atoms with Crippen molar-refractivity contribution in [2.45, 2.75) is 38.1 Å². The molecule has 7 heteroatoms. The van der Waals surface area contributed by atoms with Gasteiger partial charge in [0.2, 0.25) is 17.6 Å². The highest BCUT2D eigenvalue weighted by Gasteiger charge is 2.26. The molecule has 1 fully saturated rings. The van der Waals surface area contributed by atoms with Crippen LogP contribution in [0.4, 0.5) is 0 Å². The second kappa shape index (κ2) is 7.02. The fourth-order valence-electron chi connectivity index (χ4n) is 2.81. The molecule has 3 heterocycles. The fourth-order valence-corrected chi connectivity index (χ4v) is 3.46. The third-order valence-electron chi connectivity index (χ3n) is 3.96. The first-order chi connectivity index (χ1) is 10.8. The summed E-state index contributed by atoms with van der Waals surface area (Å²) in [6.07, 6.45) is 3.94. The molecule has 1 aliphatic rings. The van der Waals surface area contributed by atoms with Gasteiger partial charge in [0.1, 0.15) is 0 Å². The van der Waals surface area contributed by atoms with Crippen molar-refractivity contribution < 1.29 is 9.32 Å². The molecule has 0 saturated carbocycles. The van der Waals surface area contributed by atoms with Gasteiger partial charge in [0.25, 0.3) is 0 Å². The van der Waals surface area contributed by atoms with Crippen molar-refractivity contribution in [3.05, 3.63) is 23.4 Å². The first-order valence-electron chi connectivity index (χ1n) is 7.64. The standard InChI is InChI=1S/C15H20N4O2S/c16-10-11-4-2-8-19(11)14(20)7-1-6-13-17-15(18-21-13)12-5-3-9-22-12/h3,5,9,11H,1-2,4,6-8,10,16H2. The summed E-state index contributed by atoms with van der Waals surface area (Å²) in [4.78, 5) is 19.5. The summed E-state index contributed by atoms with van der Waals surface area (Å²) < 4.78 is 5.24. The van der Waals surface area contributed by atoms with E-state index in [4.69, 9.17) is 10.3 Å². The summed E-state index contributed by atoms with van der Waals surface area (Å²) in [6.45, 7) is 1.39. The van der Waals surface area contributed by atoms with E-state index >= 15 is 0 Å². The molecule has 2 aromatic rings. The van der Waals surface area contributed by atoms with E-state index in [-0.39, 0.29) is 11.9 Å². The molecule has 1 atom stereocenters. The number of carbonyl (C=O) groups excluding carboxylic acids is 1. The maximum atomic E-state index is 12.2. The van der Waals surface area contributed by atoms with E-state index in [0.29, 0.717) is 31.1 Å². The summed E-state index contributed by atoms with van der Waals surface area (Å²) in [7, 11) is 0. The van der Waals surface area contributed by atoms with Crippen LogP contribution in [0.15, 0.2) is 22.0 Å². The highest BCUT2D eigenvalue weighted by atomic mass is 32.1. The lowest BCUT2D eigenvalue weighted by atomic mass is 10.2. The van der Waals surface area contributed by atoms with Crippen LogP contribution in [0.5, 0.6) is 0 Å². The Labute approximate surface area is 133 Å². The highest BCUT2D eigenvalue weighted by Crippen LogP contribution is 2.22. The van der Waals surface area contributed by atoms with Crippen LogP contribution >= 0.6 is 11.3 Å². The Bertz CT molecular complexity index is 611. The molecule has 22 heavy (non-hydrogen) atoms. The second-order valence-electron chi connectivity index (χ2n) is 5.46. The number of amides is 1. The second-order valence-corrected chi connectivity index (χ2v) is 6.41. The van der Waals surface area contributed by atoms with E-state index in [0.717, 1.165) is 30.7 Å². The van der Waals surface area contributed by atoms with Gasteiger partial charge >= 0.3 is 0 Å². The molecule has 0 bridgehead atoms. The zero-order valence-corrected chi connectivity index (χ0v) is 13.2. The molecular formula is C15H20N4O2S. The minimum Gasteiger partial charge on any atom is -0.339 e. The number of hydrogen-bond donors (Lipinski definition) is 1. The van der Waals surface area contributed by atoms with Crippen LogP contribution in [-0.4, -0.2) is 40.1 Å². The van der Waals surface area contributed by atoms with E-state index in [9.17, 15) is 4.79 Å². The Hall–Kier alpha value is -1.73. The van der Waals surface area contributed by atoms with Crippen molar-refractivity contribution in [3.8, 4) is 10.7 Å². The van der Waals surface area contributed by atoms with Crippen LogP contribution < -0.4 is 5.73 Å². The molecule has 2 aromatic heterocycles. The predicted molar refractivity (Wildman–Crippen MR) is 84.3 cm³/mol. The van der Waals surface area contributed by atoms with Gasteiger partial charge in [-0.3, -0.25) is 4.79 Å². The van der Waals surface area contributed by atoms with Crippen LogP contribution in [0.3, 0.4) is 0 Å². The summed E-state index contributed by atoms with van der Waals surface area (Å²) in [5.41, 5.74) is 5.70. The lowest BCUT2D eigenvalue weighted by molar-refractivity contribution is -0.131. The van der Waals surface area contributed by atoms with Crippen LogP contribution in [-0.2, 0) is 11.2 Å². The minimum absolute atomic E-state index is 0.186. The van der Waals surface area contributed by atoms with Crippen molar-refractivity contribution >= 4 is 17.2 Å². The SMILES string of the molecule is NCC1CCCN1C(=O)CCCc1nc(-c2cccs2)no1. The average Bonchev–Trinajstić information content (AvgIpc) is 3.26. The smallest absolute Gasteiger partial charge is 0.226 e. The van der Waals surface area contributed by atoms with Crippen LogP contribution in [0.1, 0.15) is 31.6 Å². The molecule has 0 radical (unpaired) electrons. The molecular weight excluding hydrogens is 300 g/mol. The van der Waals surface area contributed by atoms with E-state index in [2.05, 4.69) is 10.1 Å². The molecule has 0 aliphatic carbocycles. The summed E-state index contributed by atoms with van der Waals surface area (Å²) >= 11 is 1.58. The van der Waals surface area contributed by atoms with Gasteiger partial charge in [-0.1, -0.05) is 11.2 Å². The number of thiophene rings is 1. The normalized spacial score (nSPS) is 18.0. The van der Waals surface area contributed by atoms with Gasteiger partial charge in [0.15, 0.2) is 0 Å². The van der Waals surface area contributed by atoms with Crippen LogP contribution in [0.25, 0.3) is 10.7 Å². The predicted octanol–water partition coefficient (Wildman–Crippen LogP) is 2.07. The average molecular weight is 320 g/mol. The van der Waals surface area contributed by atoms with Gasteiger partial charge in [-0.15, -0.1) is 11.3 Å². The zero-order chi connectivity index (χ0) is 15.4. The zero-order valence-electron chi connectivity index (χ0n) is 12.4. The fraction of sp³-hybridized carbons (Fsp3) is 0.533. The van der Waals surface area contributed by atoms with E-state index < -0.39 is 0 Å². The van der Waals surface area contributed by atoms with Gasteiger partial charge in [0.05, 0.1) is 4.88 Å². The van der Waals surface area contributed by atoms with Crippen molar-refractivity contribution in [1.82, 2.24) is 15.0 Å². The molecule has 118 valence electrons. The lowest BCUT2D eigenvalue weighted by Gasteiger charge is -2.23. The van der Waals surface area contributed by atoms with Gasteiger partial charge in [-0.25, -0.2) is 0 Å². The molecule has 3 rings (SSSR count). The molecule has 0 aromatic carbocycles. The number of nitrogens with two attached hydrogens (primary N) is 1. The third-order valence-corrected chi connectivity index (χ3v) is 4.83. The largest absolute Gasteiger partial charge is 0.339 e. The van der Waals surface area contributed by atoms with Gasteiger partial charge in [0, 0.05) is 32.0 Å². The molecule has 1 unspecified atom stereocenters. The van der Waals surface area contributed by atoms with Gasteiger partial charge in [-0.2, -0.15) is 4.98 Å². The number of carbonyl (C=O) groups is 1. The van der Waals surface area contributed by atoms with E-state index in [1.54, 1.807) is 11.3 Å². The molecule has 0 spiro atoms. The minimum atomic E-state index is 0.186. The molecule has 1 aliphatic heterocycles. The van der Waals surface area contributed by atoms with Crippen molar-refractivity contribution in [1.29, 1.82) is 0 Å². The number of aryl methyl sites for hydroxylation is 1. The topological polar surface area (TPSA) is 85.2 Å². The first-order valence-corrected chi connectivity index (χ1v) is 8.52. The highest BCUT2D eigenvalue weighted by molar-refractivity contribution is 7.13. The van der Waals surface area contributed by atoms with Crippen molar-refractivity contribution in [3.63, 3.8) is 0 Å². The molecule has 2 N–H and O–H groups in total. The van der Waals surface area contributed by atoms with E-state index in [1.165, 1.54) is 0 Å². The maximum absolute atomic E-state index is 12.2.